The van der Waals surface area contributed by atoms with Gasteiger partial charge < -0.3 is 4.74 Å². The molecular weight excluding hydrogens is 404 g/mol. The van der Waals surface area contributed by atoms with E-state index in [9.17, 15) is 14.4 Å². The van der Waals surface area contributed by atoms with Crippen molar-refractivity contribution in [3.8, 4) is 6.07 Å². The van der Waals surface area contributed by atoms with Crippen LogP contribution in [0.25, 0.3) is 0 Å². The van der Waals surface area contributed by atoms with E-state index in [2.05, 4.69) is 0 Å². The molecule has 30 heavy (non-hydrogen) atoms. The third-order valence-corrected chi connectivity index (χ3v) is 4.96. The molecular formula is C23H13ClN2O4. The van der Waals surface area contributed by atoms with E-state index in [0.29, 0.717) is 21.8 Å². The molecule has 0 saturated carbocycles. The van der Waals surface area contributed by atoms with Gasteiger partial charge in [0.25, 0.3) is 11.8 Å². The molecule has 0 spiro atoms. The number of anilines is 1. The van der Waals surface area contributed by atoms with Crippen molar-refractivity contribution in [3.63, 3.8) is 0 Å². The Balaban J connectivity index is 1.56. The van der Waals surface area contributed by atoms with Crippen molar-refractivity contribution in [2.75, 3.05) is 4.90 Å². The lowest BCUT2D eigenvalue weighted by molar-refractivity contribution is 0.0472. The molecule has 1 heterocycles. The molecule has 1 aliphatic heterocycles. The van der Waals surface area contributed by atoms with E-state index in [1.807, 2.05) is 6.07 Å². The number of nitrogens with zero attached hydrogens (tertiary/aromatic N) is 2. The summed E-state index contributed by atoms with van der Waals surface area (Å²) in [5, 5.41) is 9.61. The first kappa shape index (κ1) is 19.4. The number of fused-ring (bicyclic) bond motifs is 1. The summed E-state index contributed by atoms with van der Waals surface area (Å²) in [5.74, 6) is -1.65. The van der Waals surface area contributed by atoms with E-state index in [1.54, 1.807) is 48.5 Å². The highest BCUT2D eigenvalue weighted by molar-refractivity contribution is 6.35. The highest BCUT2D eigenvalue weighted by Crippen LogP contribution is 2.30. The zero-order chi connectivity index (χ0) is 21.3. The van der Waals surface area contributed by atoms with Crippen LogP contribution in [0.2, 0.25) is 5.02 Å². The molecule has 0 N–H and O–H groups in total. The van der Waals surface area contributed by atoms with Crippen molar-refractivity contribution in [2.24, 2.45) is 0 Å². The topological polar surface area (TPSA) is 87.5 Å². The van der Waals surface area contributed by atoms with Crippen molar-refractivity contribution in [2.45, 2.75) is 6.61 Å². The van der Waals surface area contributed by atoms with Gasteiger partial charge in [-0.2, -0.15) is 5.26 Å². The van der Waals surface area contributed by atoms with Crippen LogP contribution in [-0.4, -0.2) is 17.8 Å². The lowest BCUT2D eigenvalue weighted by atomic mass is 10.1. The number of halogens is 1. The summed E-state index contributed by atoms with van der Waals surface area (Å²) in [5.41, 5.74) is 1.86. The third-order valence-electron chi connectivity index (χ3n) is 4.70. The van der Waals surface area contributed by atoms with Gasteiger partial charge >= 0.3 is 5.97 Å². The van der Waals surface area contributed by atoms with E-state index in [0.717, 1.165) is 4.90 Å². The van der Waals surface area contributed by atoms with Crippen molar-refractivity contribution < 1.29 is 19.1 Å². The van der Waals surface area contributed by atoms with Crippen LogP contribution in [-0.2, 0) is 11.3 Å². The van der Waals surface area contributed by atoms with Crippen LogP contribution in [0.1, 0.15) is 42.2 Å². The zero-order valence-electron chi connectivity index (χ0n) is 15.5. The average molecular weight is 417 g/mol. The molecule has 0 fully saturated rings. The maximum atomic E-state index is 12.8. The summed E-state index contributed by atoms with van der Waals surface area (Å²) in [6.07, 6.45) is 0. The number of rotatable bonds is 4. The highest BCUT2D eigenvalue weighted by atomic mass is 35.5. The Morgan fingerprint density at radius 3 is 2.40 bits per heavy atom. The predicted molar refractivity (Wildman–Crippen MR) is 109 cm³/mol. The normalized spacial score (nSPS) is 12.5. The Kier molecular flexibility index (Phi) is 5.05. The summed E-state index contributed by atoms with van der Waals surface area (Å²) in [6, 6.07) is 19.4. The van der Waals surface area contributed by atoms with E-state index in [4.69, 9.17) is 21.6 Å². The first-order valence-electron chi connectivity index (χ1n) is 8.93. The molecule has 6 nitrogen and oxygen atoms in total. The minimum atomic E-state index is -0.657. The number of amides is 2. The lowest BCUT2D eigenvalue weighted by Crippen LogP contribution is -2.29. The Labute approximate surface area is 176 Å². The van der Waals surface area contributed by atoms with Crippen LogP contribution in [0.3, 0.4) is 0 Å². The SMILES string of the molecule is N#Cc1ccccc1COC(=O)c1ccc2c(c1)C(=O)N(c1ccc(Cl)cc1)C2=O. The van der Waals surface area contributed by atoms with E-state index >= 15 is 0 Å². The van der Waals surface area contributed by atoms with Crippen LogP contribution >= 0.6 is 11.6 Å². The van der Waals surface area contributed by atoms with Crippen molar-refractivity contribution in [1.29, 1.82) is 5.26 Å². The van der Waals surface area contributed by atoms with Crippen molar-refractivity contribution in [3.05, 3.63) is 99.6 Å². The number of carbonyl (C=O) groups excluding carboxylic acids is 3. The number of carbonyl (C=O) groups is 3. The second-order valence-corrected chi connectivity index (χ2v) is 6.96. The van der Waals surface area contributed by atoms with Gasteiger partial charge in [-0.25, -0.2) is 9.69 Å². The minimum absolute atomic E-state index is 0.0799. The summed E-state index contributed by atoms with van der Waals surface area (Å²) in [6.45, 7) is -0.0799. The van der Waals surface area contributed by atoms with Gasteiger partial charge in [-0.15, -0.1) is 0 Å². The van der Waals surface area contributed by atoms with Gasteiger partial charge in [-0.3, -0.25) is 9.59 Å². The fourth-order valence-electron chi connectivity index (χ4n) is 3.17. The van der Waals surface area contributed by atoms with Crippen LogP contribution < -0.4 is 4.90 Å². The van der Waals surface area contributed by atoms with Crippen molar-refractivity contribution in [1.82, 2.24) is 0 Å². The quantitative estimate of drug-likeness (QED) is 0.465. The van der Waals surface area contributed by atoms with E-state index in [1.165, 1.54) is 18.2 Å². The molecule has 0 unspecified atom stereocenters. The number of hydrogen-bond acceptors (Lipinski definition) is 5. The molecule has 2 amide bonds. The van der Waals surface area contributed by atoms with Gasteiger partial charge in [0.1, 0.15) is 6.61 Å². The Bertz CT molecular complexity index is 1230. The molecule has 146 valence electrons. The number of imide groups is 1. The summed E-state index contributed by atoms with van der Waals surface area (Å²) in [4.78, 5) is 39.0. The molecule has 3 aromatic rings. The number of hydrogen-bond donors (Lipinski definition) is 0. The largest absolute Gasteiger partial charge is 0.457 e. The summed E-state index contributed by atoms with van der Waals surface area (Å²) in [7, 11) is 0. The monoisotopic (exact) mass is 416 g/mol. The molecule has 0 bridgehead atoms. The van der Waals surface area contributed by atoms with E-state index < -0.39 is 17.8 Å². The fraction of sp³-hybridized carbons (Fsp3) is 0.0435. The smallest absolute Gasteiger partial charge is 0.338 e. The molecule has 0 atom stereocenters. The van der Waals surface area contributed by atoms with Crippen molar-refractivity contribution >= 4 is 35.1 Å². The average Bonchev–Trinajstić information content (AvgIpc) is 3.02. The number of ether oxygens (including phenoxy) is 1. The maximum Gasteiger partial charge on any atom is 0.338 e. The minimum Gasteiger partial charge on any atom is -0.457 e. The van der Waals surface area contributed by atoms with Gasteiger partial charge in [0, 0.05) is 10.6 Å². The molecule has 4 rings (SSSR count). The molecule has 7 heteroatoms. The molecule has 0 aliphatic carbocycles. The number of benzene rings is 3. The summed E-state index contributed by atoms with van der Waals surface area (Å²) < 4.78 is 5.29. The van der Waals surface area contributed by atoms with Crippen LogP contribution in [0, 0.1) is 11.3 Å². The first-order chi connectivity index (χ1) is 14.5. The van der Waals surface area contributed by atoms with Crippen LogP contribution in [0.5, 0.6) is 0 Å². The Morgan fingerprint density at radius 2 is 1.67 bits per heavy atom. The van der Waals surface area contributed by atoms with Gasteiger partial charge in [0.05, 0.1) is 34.0 Å². The number of esters is 1. The highest BCUT2D eigenvalue weighted by Gasteiger charge is 2.37. The molecule has 0 aromatic heterocycles. The van der Waals surface area contributed by atoms with Gasteiger partial charge in [0.15, 0.2) is 0 Å². The van der Waals surface area contributed by atoms with Gasteiger partial charge in [-0.05, 0) is 48.5 Å². The molecule has 3 aromatic carbocycles. The third kappa shape index (κ3) is 3.43. The lowest BCUT2D eigenvalue weighted by Gasteiger charge is -2.13. The van der Waals surface area contributed by atoms with Gasteiger partial charge in [0.2, 0.25) is 0 Å². The summed E-state index contributed by atoms with van der Waals surface area (Å²) >= 11 is 5.87. The molecule has 0 saturated heterocycles. The zero-order valence-corrected chi connectivity index (χ0v) is 16.2. The predicted octanol–water partition coefficient (Wildman–Crippen LogP) is 4.37. The fourth-order valence-corrected chi connectivity index (χ4v) is 3.30. The first-order valence-corrected chi connectivity index (χ1v) is 9.31. The maximum absolute atomic E-state index is 12.8. The second kappa shape index (κ2) is 7.82. The Morgan fingerprint density at radius 1 is 0.967 bits per heavy atom. The van der Waals surface area contributed by atoms with E-state index in [-0.39, 0.29) is 23.3 Å². The van der Waals surface area contributed by atoms with Crippen LogP contribution in [0.4, 0.5) is 5.69 Å². The number of nitriles is 1. The molecule has 1 aliphatic rings. The van der Waals surface area contributed by atoms with Crippen LogP contribution in [0.15, 0.2) is 66.7 Å². The van der Waals surface area contributed by atoms with Gasteiger partial charge in [-0.1, -0.05) is 29.8 Å². The molecule has 0 radical (unpaired) electrons. The Hall–Kier alpha value is -3.95. The second-order valence-electron chi connectivity index (χ2n) is 6.53. The standard InChI is InChI=1S/C23H13ClN2O4/c24-17-6-8-18(9-7-17)26-21(27)19-10-5-14(11-20(19)22(26)28)23(29)30-13-16-4-2-1-3-15(16)12-25/h1-11H,13H2.